The summed E-state index contributed by atoms with van der Waals surface area (Å²) >= 11 is 0. The van der Waals surface area contributed by atoms with Gasteiger partial charge in [-0.3, -0.25) is 4.79 Å². The van der Waals surface area contributed by atoms with Crippen LogP contribution >= 0.6 is 0 Å². The maximum Gasteiger partial charge on any atom is 0.254 e. The Balaban J connectivity index is 2.21. The Labute approximate surface area is 113 Å². The molecule has 1 aromatic rings. The molecular formula is C13H13F3N2O2. The molecule has 0 spiro atoms. The Bertz CT molecular complexity index is 552. The standard InChI is InChI=1S/C13H13F3N2O2/c1-7-6-18(3-2-11(7)17-20)13(19)8-4-9(14)12(16)10(15)5-8/h4-5,7,20H,2-3,6H2,1H3/b17-11+. The van der Waals surface area contributed by atoms with Gasteiger partial charge < -0.3 is 10.1 Å². The second-order valence-corrected chi connectivity index (χ2v) is 4.75. The van der Waals surface area contributed by atoms with E-state index >= 15 is 0 Å². The van der Waals surface area contributed by atoms with Gasteiger partial charge >= 0.3 is 0 Å². The van der Waals surface area contributed by atoms with Crippen molar-refractivity contribution in [2.24, 2.45) is 11.1 Å². The molecule has 0 aliphatic carbocycles. The molecule has 1 saturated heterocycles. The number of amides is 1. The summed E-state index contributed by atoms with van der Waals surface area (Å²) in [6.45, 7) is 2.34. The Hall–Kier alpha value is -2.05. The summed E-state index contributed by atoms with van der Waals surface area (Å²) < 4.78 is 39.1. The Morgan fingerprint density at radius 1 is 1.35 bits per heavy atom. The summed E-state index contributed by atoms with van der Waals surface area (Å²) in [7, 11) is 0. The summed E-state index contributed by atoms with van der Waals surface area (Å²) in [5.41, 5.74) is 0.337. The third-order valence-electron chi connectivity index (χ3n) is 3.35. The molecule has 1 fully saturated rings. The van der Waals surface area contributed by atoms with Gasteiger partial charge in [-0.05, 0) is 12.1 Å². The molecule has 0 saturated carbocycles. The van der Waals surface area contributed by atoms with Crippen LogP contribution in [0.25, 0.3) is 0 Å². The van der Waals surface area contributed by atoms with Crippen LogP contribution in [0.1, 0.15) is 23.7 Å². The third kappa shape index (κ3) is 2.61. The highest BCUT2D eigenvalue weighted by Gasteiger charge is 2.27. The van der Waals surface area contributed by atoms with Crippen LogP contribution in [-0.2, 0) is 0 Å². The van der Waals surface area contributed by atoms with Crippen molar-refractivity contribution in [2.45, 2.75) is 13.3 Å². The van der Waals surface area contributed by atoms with Crippen LogP contribution in [0.3, 0.4) is 0 Å². The van der Waals surface area contributed by atoms with Crippen LogP contribution < -0.4 is 0 Å². The molecule has 2 rings (SSSR count). The van der Waals surface area contributed by atoms with Crippen molar-refractivity contribution < 1.29 is 23.2 Å². The quantitative estimate of drug-likeness (QED) is 0.489. The van der Waals surface area contributed by atoms with Crippen molar-refractivity contribution in [1.82, 2.24) is 4.90 Å². The van der Waals surface area contributed by atoms with E-state index in [2.05, 4.69) is 5.16 Å². The monoisotopic (exact) mass is 286 g/mol. The van der Waals surface area contributed by atoms with E-state index in [1.807, 2.05) is 0 Å². The molecule has 1 aliphatic heterocycles. The van der Waals surface area contributed by atoms with Crippen molar-refractivity contribution in [2.75, 3.05) is 13.1 Å². The first kappa shape index (κ1) is 14.4. The van der Waals surface area contributed by atoms with Crippen LogP contribution in [-0.4, -0.2) is 34.8 Å². The molecule has 1 heterocycles. The van der Waals surface area contributed by atoms with Crippen molar-refractivity contribution in [1.29, 1.82) is 0 Å². The molecule has 1 unspecified atom stereocenters. The van der Waals surface area contributed by atoms with E-state index in [0.717, 1.165) is 0 Å². The van der Waals surface area contributed by atoms with Gasteiger partial charge in [0.25, 0.3) is 5.91 Å². The van der Waals surface area contributed by atoms with E-state index in [0.29, 0.717) is 24.3 Å². The zero-order valence-electron chi connectivity index (χ0n) is 10.7. The first-order valence-corrected chi connectivity index (χ1v) is 6.08. The van der Waals surface area contributed by atoms with Gasteiger partial charge in [0.05, 0.1) is 5.71 Å². The largest absolute Gasteiger partial charge is 0.411 e. The highest BCUT2D eigenvalue weighted by Crippen LogP contribution is 2.19. The minimum atomic E-state index is -1.59. The average Bonchev–Trinajstić information content (AvgIpc) is 2.43. The molecule has 1 amide bonds. The fraction of sp³-hybridized carbons (Fsp3) is 0.385. The minimum absolute atomic E-state index is 0.146. The first-order valence-electron chi connectivity index (χ1n) is 6.08. The van der Waals surface area contributed by atoms with E-state index in [4.69, 9.17) is 5.21 Å². The molecule has 1 N–H and O–H groups in total. The number of hydrogen-bond acceptors (Lipinski definition) is 3. The summed E-state index contributed by atoms with van der Waals surface area (Å²) in [6.07, 6.45) is 0.384. The fourth-order valence-corrected chi connectivity index (χ4v) is 2.22. The fourth-order valence-electron chi connectivity index (χ4n) is 2.22. The first-order chi connectivity index (χ1) is 9.43. The molecular weight excluding hydrogens is 273 g/mol. The molecule has 4 nitrogen and oxygen atoms in total. The minimum Gasteiger partial charge on any atom is -0.411 e. The molecule has 7 heteroatoms. The molecule has 0 radical (unpaired) electrons. The molecule has 1 aromatic carbocycles. The maximum atomic E-state index is 13.1. The maximum absolute atomic E-state index is 13.1. The number of carbonyl (C=O) groups excluding carboxylic acids is 1. The lowest BCUT2D eigenvalue weighted by Gasteiger charge is -2.31. The highest BCUT2D eigenvalue weighted by atomic mass is 19.2. The second-order valence-electron chi connectivity index (χ2n) is 4.75. The van der Waals surface area contributed by atoms with E-state index in [1.165, 1.54) is 4.90 Å². The van der Waals surface area contributed by atoms with Crippen LogP contribution in [0.15, 0.2) is 17.3 Å². The summed E-state index contributed by atoms with van der Waals surface area (Å²) in [5.74, 6) is -5.10. The number of hydrogen-bond donors (Lipinski definition) is 1. The highest BCUT2D eigenvalue weighted by molar-refractivity contribution is 5.96. The predicted octanol–water partition coefficient (Wildman–Crippen LogP) is 2.42. The van der Waals surface area contributed by atoms with Gasteiger partial charge in [-0.15, -0.1) is 0 Å². The molecule has 1 aliphatic rings. The Kier molecular flexibility index (Phi) is 3.96. The second kappa shape index (κ2) is 5.52. The van der Waals surface area contributed by atoms with Gasteiger partial charge in [0.2, 0.25) is 0 Å². The molecule has 20 heavy (non-hydrogen) atoms. The Morgan fingerprint density at radius 2 is 1.95 bits per heavy atom. The number of nitrogens with zero attached hydrogens (tertiary/aromatic N) is 2. The lowest BCUT2D eigenvalue weighted by Crippen LogP contribution is -2.43. The van der Waals surface area contributed by atoms with Crippen LogP contribution in [0.5, 0.6) is 0 Å². The number of oxime groups is 1. The van der Waals surface area contributed by atoms with Gasteiger partial charge in [-0.25, -0.2) is 13.2 Å². The third-order valence-corrected chi connectivity index (χ3v) is 3.35. The normalized spacial score (nSPS) is 21.3. The van der Waals surface area contributed by atoms with Crippen molar-refractivity contribution >= 4 is 11.6 Å². The smallest absolute Gasteiger partial charge is 0.254 e. The number of carbonyl (C=O) groups is 1. The lowest BCUT2D eigenvalue weighted by atomic mass is 9.97. The number of likely N-dealkylation sites (tertiary alicyclic amines) is 1. The van der Waals surface area contributed by atoms with Gasteiger partial charge in [0, 0.05) is 31.0 Å². The molecule has 0 aromatic heterocycles. The lowest BCUT2D eigenvalue weighted by molar-refractivity contribution is 0.0732. The van der Waals surface area contributed by atoms with Gasteiger partial charge in [-0.2, -0.15) is 0 Å². The Morgan fingerprint density at radius 3 is 2.45 bits per heavy atom. The SMILES string of the molecule is CC1CN(C(=O)c2cc(F)c(F)c(F)c2)CC/C1=N\O. The average molecular weight is 286 g/mol. The number of piperidine rings is 1. The van der Waals surface area contributed by atoms with Crippen LogP contribution in [0.4, 0.5) is 13.2 Å². The van der Waals surface area contributed by atoms with Crippen LogP contribution in [0, 0.1) is 23.4 Å². The van der Waals surface area contributed by atoms with Gasteiger partial charge in [0.15, 0.2) is 17.5 Å². The van der Waals surface area contributed by atoms with E-state index < -0.39 is 23.4 Å². The van der Waals surface area contributed by atoms with Crippen molar-refractivity contribution in [3.05, 3.63) is 35.1 Å². The number of halogens is 3. The zero-order chi connectivity index (χ0) is 14.9. The zero-order valence-corrected chi connectivity index (χ0v) is 10.7. The summed E-state index contributed by atoms with van der Waals surface area (Å²) in [4.78, 5) is 13.5. The van der Waals surface area contributed by atoms with Crippen molar-refractivity contribution in [3.63, 3.8) is 0 Å². The van der Waals surface area contributed by atoms with Gasteiger partial charge in [0.1, 0.15) is 0 Å². The number of benzene rings is 1. The molecule has 1 atom stereocenters. The molecule has 0 bridgehead atoms. The number of rotatable bonds is 1. The molecule has 108 valence electrons. The topological polar surface area (TPSA) is 52.9 Å². The van der Waals surface area contributed by atoms with Crippen molar-refractivity contribution in [3.8, 4) is 0 Å². The van der Waals surface area contributed by atoms with Crippen LogP contribution in [0.2, 0.25) is 0 Å². The predicted molar refractivity (Wildman–Crippen MR) is 65.2 cm³/mol. The summed E-state index contributed by atoms with van der Waals surface area (Å²) in [6, 6.07) is 1.36. The summed E-state index contributed by atoms with van der Waals surface area (Å²) in [5, 5.41) is 11.9. The van der Waals surface area contributed by atoms with E-state index in [9.17, 15) is 18.0 Å². The van der Waals surface area contributed by atoms with E-state index in [1.54, 1.807) is 6.92 Å². The van der Waals surface area contributed by atoms with Gasteiger partial charge in [-0.1, -0.05) is 12.1 Å². The van der Waals surface area contributed by atoms with E-state index in [-0.39, 0.29) is 24.6 Å².